The molecule has 9 heteroatoms. The van der Waals surface area contributed by atoms with Gasteiger partial charge in [-0.15, -0.1) is 0 Å². The highest BCUT2D eigenvalue weighted by Gasteiger charge is 2.22. The Morgan fingerprint density at radius 1 is 0.977 bits per heavy atom. The number of aryl methyl sites for hydroxylation is 2. The van der Waals surface area contributed by atoms with Crippen molar-refractivity contribution in [3.63, 3.8) is 0 Å². The first-order chi connectivity index (χ1) is 20.5. The van der Waals surface area contributed by atoms with Gasteiger partial charge in [0.25, 0.3) is 5.91 Å². The Labute approximate surface area is 250 Å². The number of hydrogen-bond donors (Lipinski definition) is 2. The molecule has 5 rings (SSSR count). The van der Waals surface area contributed by atoms with Crippen molar-refractivity contribution in [3.8, 4) is 5.75 Å². The smallest absolute Gasteiger partial charge is 0.270 e. The first-order valence-electron chi connectivity index (χ1n) is 14.3. The molecular formula is C34H37N5O4. The molecule has 0 spiro atoms. The number of pyridine rings is 1. The maximum Gasteiger partial charge on any atom is 0.270 e. The van der Waals surface area contributed by atoms with Crippen LogP contribution >= 0.6 is 0 Å². The van der Waals surface area contributed by atoms with Gasteiger partial charge < -0.3 is 25.3 Å². The van der Waals surface area contributed by atoms with Crippen molar-refractivity contribution < 1.29 is 19.1 Å². The van der Waals surface area contributed by atoms with Crippen molar-refractivity contribution in [2.24, 2.45) is 18.7 Å². The Kier molecular flexibility index (Phi) is 8.19. The summed E-state index contributed by atoms with van der Waals surface area (Å²) in [5.74, 6) is -0.945. The van der Waals surface area contributed by atoms with Crippen LogP contribution in [0.5, 0.6) is 5.75 Å². The maximum atomic E-state index is 13.3. The summed E-state index contributed by atoms with van der Waals surface area (Å²) in [5.41, 5.74) is 9.49. The van der Waals surface area contributed by atoms with Gasteiger partial charge >= 0.3 is 0 Å². The van der Waals surface area contributed by atoms with Crippen LogP contribution in [-0.2, 0) is 7.05 Å². The van der Waals surface area contributed by atoms with Crippen LogP contribution in [0.4, 0.5) is 0 Å². The highest BCUT2D eigenvalue weighted by Crippen LogP contribution is 2.37. The molecule has 0 saturated carbocycles. The number of amides is 2. The first-order valence-corrected chi connectivity index (χ1v) is 14.3. The van der Waals surface area contributed by atoms with E-state index in [4.69, 9.17) is 10.5 Å². The van der Waals surface area contributed by atoms with Crippen molar-refractivity contribution in [3.05, 3.63) is 83.2 Å². The molecule has 3 N–H and O–H groups in total. The molecule has 0 saturated heterocycles. The highest BCUT2D eigenvalue weighted by atomic mass is 16.5. The van der Waals surface area contributed by atoms with Crippen molar-refractivity contribution in [2.75, 3.05) is 27.2 Å². The molecule has 2 atom stereocenters. The van der Waals surface area contributed by atoms with E-state index in [0.29, 0.717) is 23.6 Å². The number of fused-ring (bicyclic) bond motifs is 4. The Morgan fingerprint density at radius 2 is 1.70 bits per heavy atom. The maximum absolute atomic E-state index is 13.3. The molecule has 0 bridgehead atoms. The standard InChI is InChI=1S/C34H37N5O4/c1-19(32(40)24-9-7-8-10-25(24)33(35)41)18-43-22-11-12-29-26(15-22)28-16-27-23(21(3)31(28)39(29)6)13-14-36-30(27)34(42)37-20(2)17-38(4)5/h7-16,19-20H,17-18H2,1-6H3,(H2,35,41)(H,37,42)/t19-,20+/m0/s1. The van der Waals surface area contributed by atoms with Crippen LogP contribution in [0.2, 0.25) is 0 Å². The van der Waals surface area contributed by atoms with Gasteiger partial charge in [0, 0.05) is 58.6 Å². The van der Waals surface area contributed by atoms with E-state index < -0.39 is 11.8 Å². The zero-order valence-electron chi connectivity index (χ0n) is 25.4. The number of primary amides is 1. The largest absolute Gasteiger partial charge is 0.493 e. The normalized spacial score (nSPS) is 13.0. The van der Waals surface area contributed by atoms with E-state index in [-0.39, 0.29) is 29.9 Å². The van der Waals surface area contributed by atoms with E-state index in [9.17, 15) is 14.4 Å². The minimum atomic E-state index is -0.639. The van der Waals surface area contributed by atoms with Crippen molar-refractivity contribution in [1.29, 1.82) is 0 Å². The van der Waals surface area contributed by atoms with Crippen LogP contribution in [0.15, 0.2) is 60.8 Å². The Morgan fingerprint density at radius 3 is 2.40 bits per heavy atom. The number of ketones is 1. The molecule has 43 heavy (non-hydrogen) atoms. The molecule has 2 amide bonds. The SMILES string of the molecule is Cc1c2ccnc(C(=O)N[C@H](C)CN(C)C)c2cc2c3cc(OC[C@H](C)C(=O)c4ccccc4C(N)=O)ccc3n(C)c12. The van der Waals surface area contributed by atoms with Gasteiger partial charge in [0.05, 0.1) is 18.0 Å². The zero-order chi connectivity index (χ0) is 31.0. The molecule has 0 aliphatic carbocycles. The molecule has 2 aromatic heterocycles. The number of carbonyl (C=O) groups is 3. The van der Waals surface area contributed by atoms with Crippen LogP contribution in [-0.4, -0.2) is 65.3 Å². The summed E-state index contributed by atoms with van der Waals surface area (Å²) in [6.07, 6.45) is 1.69. The number of aromatic nitrogens is 2. The summed E-state index contributed by atoms with van der Waals surface area (Å²) in [7, 11) is 5.97. The number of likely N-dealkylation sites (N-methyl/N-ethyl adjacent to an activating group) is 1. The number of carbonyl (C=O) groups excluding carboxylic acids is 3. The van der Waals surface area contributed by atoms with Crippen LogP contribution in [0.3, 0.4) is 0 Å². The van der Waals surface area contributed by atoms with Crippen molar-refractivity contribution >= 4 is 50.2 Å². The lowest BCUT2D eigenvalue weighted by atomic mass is 9.95. The number of hydrogen-bond acceptors (Lipinski definition) is 6. The van der Waals surface area contributed by atoms with Crippen molar-refractivity contribution in [1.82, 2.24) is 19.8 Å². The lowest BCUT2D eigenvalue weighted by Crippen LogP contribution is -2.39. The predicted molar refractivity (Wildman–Crippen MR) is 170 cm³/mol. The van der Waals surface area contributed by atoms with E-state index >= 15 is 0 Å². The quantitative estimate of drug-likeness (QED) is 0.228. The summed E-state index contributed by atoms with van der Waals surface area (Å²) in [6.45, 7) is 6.65. The Bertz CT molecular complexity index is 1890. The monoisotopic (exact) mass is 579 g/mol. The third-order valence-corrected chi connectivity index (χ3v) is 7.89. The van der Waals surface area contributed by atoms with Gasteiger partial charge in [-0.25, -0.2) is 0 Å². The van der Waals surface area contributed by atoms with Gasteiger partial charge in [0.1, 0.15) is 11.4 Å². The number of nitrogens with zero attached hydrogens (tertiary/aromatic N) is 3. The number of Topliss-reactive ketones (excluding diaryl/α,β-unsaturated/α-hetero) is 1. The topological polar surface area (TPSA) is 120 Å². The van der Waals surface area contributed by atoms with Gasteiger partial charge in [-0.1, -0.05) is 25.1 Å². The second-order valence-electron chi connectivity index (χ2n) is 11.5. The summed E-state index contributed by atoms with van der Waals surface area (Å²) < 4.78 is 8.25. The molecule has 0 radical (unpaired) electrons. The summed E-state index contributed by atoms with van der Waals surface area (Å²) in [4.78, 5) is 44.8. The zero-order valence-corrected chi connectivity index (χ0v) is 25.4. The fourth-order valence-electron chi connectivity index (χ4n) is 5.90. The minimum absolute atomic E-state index is 0.0415. The number of benzene rings is 3. The number of rotatable bonds is 10. The third kappa shape index (κ3) is 5.68. The summed E-state index contributed by atoms with van der Waals surface area (Å²) in [6, 6.07) is 16.4. The van der Waals surface area contributed by atoms with Crippen LogP contribution < -0.4 is 15.8 Å². The number of nitrogens with two attached hydrogens (primary N) is 1. The average Bonchev–Trinajstić information content (AvgIpc) is 3.25. The summed E-state index contributed by atoms with van der Waals surface area (Å²) in [5, 5.41) is 6.78. The van der Waals surface area contributed by atoms with E-state index in [1.54, 1.807) is 37.4 Å². The molecule has 0 aliphatic rings. The third-order valence-electron chi connectivity index (χ3n) is 7.89. The lowest BCUT2D eigenvalue weighted by Gasteiger charge is -2.18. The second kappa shape index (κ2) is 11.9. The Hall–Kier alpha value is -4.76. The highest BCUT2D eigenvalue weighted by molar-refractivity contribution is 6.17. The van der Waals surface area contributed by atoms with E-state index in [1.165, 1.54) is 0 Å². The van der Waals surface area contributed by atoms with Gasteiger partial charge in [-0.3, -0.25) is 19.4 Å². The van der Waals surface area contributed by atoms with Gasteiger partial charge in [0.2, 0.25) is 5.91 Å². The number of ether oxygens (including phenoxy) is 1. The van der Waals surface area contributed by atoms with Crippen LogP contribution in [0.25, 0.3) is 32.6 Å². The molecule has 0 aliphatic heterocycles. The molecular weight excluding hydrogens is 542 g/mol. The minimum Gasteiger partial charge on any atom is -0.493 e. The van der Waals surface area contributed by atoms with Crippen LogP contribution in [0, 0.1) is 12.8 Å². The van der Waals surface area contributed by atoms with Gasteiger partial charge in [-0.2, -0.15) is 0 Å². The molecule has 222 valence electrons. The molecule has 5 aromatic rings. The van der Waals surface area contributed by atoms with Crippen molar-refractivity contribution in [2.45, 2.75) is 26.8 Å². The second-order valence-corrected chi connectivity index (χ2v) is 11.5. The summed E-state index contributed by atoms with van der Waals surface area (Å²) >= 11 is 0. The first kappa shape index (κ1) is 29.7. The number of nitrogens with one attached hydrogen (secondary N) is 1. The van der Waals surface area contributed by atoms with Crippen LogP contribution in [0.1, 0.15) is 50.6 Å². The van der Waals surface area contributed by atoms with E-state index in [2.05, 4.69) is 21.8 Å². The van der Waals surface area contributed by atoms with E-state index in [0.717, 1.165) is 38.1 Å². The Balaban J connectivity index is 1.49. The molecule has 9 nitrogen and oxygen atoms in total. The predicted octanol–water partition coefficient (Wildman–Crippen LogP) is 4.86. The molecule has 2 heterocycles. The lowest BCUT2D eigenvalue weighted by molar-refractivity contribution is 0.0879. The molecule has 3 aromatic carbocycles. The van der Waals surface area contributed by atoms with E-state index in [1.807, 2.05) is 63.3 Å². The molecule has 0 unspecified atom stereocenters. The van der Waals surface area contributed by atoms with Gasteiger partial charge in [-0.05, 0) is 75.3 Å². The van der Waals surface area contributed by atoms with Gasteiger partial charge in [0.15, 0.2) is 5.78 Å². The fraction of sp³-hybridized carbons (Fsp3) is 0.294. The average molecular weight is 580 g/mol. The molecule has 0 fully saturated rings. The fourth-order valence-corrected chi connectivity index (χ4v) is 5.90.